The second-order valence-electron chi connectivity index (χ2n) is 3.63. The highest BCUT2D eigenvalue weighted by Crippen LogP contribution is 2.08. The highest BCUT2D eigenvalue weighted by molar-refractivity contribution is 7.89. The Morgan fingerprint density at radius 3 is 2.67 bits per heavy atom. The molecule has 0 heterocycles. The smallest absolute Gasteiger partial charge is 0.215 e. The van der Waals surface area contributed by atoms with Crippen LogP contribution in [-0.2, 0) is 14.8 Å². The fourth-order valence-electron chi connectivity index (χ4n) is 0.890. The maximum atomic E-state index is 11.2. The fraction of sp³-hybridized carbons (Fsp3) is 0.778. The molecule has 90 valence electrons. The van der Waals surface area contributed by atoms with Crippen LogP contribution in [0, 0.1) is 0 Å². The minimum atomic E-state index is -3.36. The largest absolute Gasteiger partial charge is 0.389 e. The van der Waals surface area contributed by atoms with Crippen molar-refractivity contribution >= 4 is 10.0 Å². The van der Waals surface area contributed by atoms with Gasteiger partial charge in [-0.25, -0.2) is 13.1 Å². The van der Waals surface area contributed by atoms with Crippen LogP contribution >= 0.6 is 0 Å². The predicted octanol–water partition coefficient (Wildman–Crippen LogP) is -0.121. The molecular weight excluding hydrogens is 218 g/mol. The molecule has 0 fully saturated rings. The maximum Gasteiger partial charge on any atom is 0.215 e. The third-order valence-electron chi connectivity index (χ3n) is 1.85. The Hall–Kier alpha value is -0.430. The van der Waals surface area contributed by atoms with E-state index in [0.29, 0.717) is 13.0 Å². The highest BCUT2D eigenvalue weighted by Gasteiger charge is 2.22. The van der Waals surface area contributed by atoms with E-state index in [9.17, 15) is 13.5 Å². The molecule has 0 spiro atoms. The van der Waals surface area contributed by atoms with Crippen molar-refractivity contribution in [2.24, 2.45) is 0 Å². The topological polar surface area (TPSA) is 75.6 Å². The van der Waals surface area contributed by atoms with Gasteiger partial charge in [0.05, 0.1) is 11.4 Å². The van der Waals surface area contributed by atoms with E-state index in [0.717, 1.165) is 0 Å². The first kappa shape index (κ1) is 14.6. The van der Waals surface area contributed by atoms with Gasteiger partial charge in [-0.3, -0.25) is 0 Å². The van der Waals surface area contributed by atoms with Crippen LogP contribution in [0.1, 0.15) is 13.3 Å². The summed E-state index contributed by atoms with van der Waals surface area (Å²) in [4.78, 5) is 0. The Balaban J connectivity index is 4.07. The van der Waals surface area contributed by atoms with E-state index in [2.05, 4.69) is 11.3 Å². The zero-order valence-electron chi connectivity index (χ0n) is 9.19. The summed E-state index contributed by atoms with van der Waals surface area (Å²) >= 11 is 0. The zero-order chi connectivity index (χ0) is 11.9. The van der Waals surface area contributed by atoms with Crippen molar-refractivity contribution in [3.63, 3.8) is 0 Å². The number of aliphatic hydroxyl groups is 1. The summed E-state index contributed by atoms with van der Waals surface area (Å²) < 4.78 is 29.6. The summed E-state index contributed by atoms with van der Waals surface area (Å²) in [6, 6.07) is 0. The lowest BCUT2D eigenvalue weighted by Crippen LogP contribution is -2.41. The zero-order valence-corrected chi connectivity index (χ0v) is 10.0. The number of hydrogen-bond donors (Lipinski definition) is 2. The maximum absolute atomic E-state index is 11.2. The van der Waals surface area contributed by atoms with Gasteiger partial charge in [-0.2, -0.15) is 0 Å². The molecule has 1 unspecified atom stereocenters. The van der Waals surface area contributed by atoms with E-state index in [1.807, 2.05) is 0 Å². The van der Waals surface area contributed by atoms with Crippen LogP contribution in [0.5, 0.6) is 0 Å². The minimum absolute atomic E-state index is 0.0213. The molecule has 15 heavy (non-hydrogen) atoms. The number of sulfonamides is 1. The Labute approximate surface area is 91.2 Å². The molecule has 0 aliphatic carbocycles. The Morgan fingerprint density at radius 1 is 1.60 bits per heavy atom. The highest BCUT2D eigenvalue weighted by atomic mass is 32.2. The van der Waals surface area contributed by atoms with Crippen LogP contribution in [0.15, 0.2) is 12.7 Å². The SMILES string of the molecule is C=CCS(=O)(=O)NCC(C)(O)CCOC. The van der Waals surface area contributed by atoms with Gasteiger partial charge in [-0.15, -0.1) is 6.58 Å². The van der Waals surface area contributed by atoms with E-state index in [1.165, 1.54) is 13.2 Å². The standard InChI is InChI=1S/C9H19NO4S/c1-4-7-15(12,13)10-8-9(2,11)5-6-14-3/h4,10-11H,1,5-8H2,2-3H3. The Kier molecular flexibility index (Phi) is 6.04. The van der Waals surface area contributed by atoms with Crippen LogP contribution in [0.4, 0.5) is 0 Å². The van der Waals surface area contributed by atoms with E-state index in [1.54, 1.807) is 6.92 Å². The molecule has 6 heteroatoms. The monoisotopic (exact) mass is 237 g/mol. The van der Waals surface area contributed by atoms with Gasteiger partial charge < -0.3 is 9.84 Å². The lowest BCUT2D eigenvalue weighted by molar-refractivity contribution is 0.0292. The van der Waals surface area contributed by atoms with Gasteiger partial charge in [0.2, 0.25) is 10.0 Å². The van der Waals surface area contributed by atoms with Crippen molar-refractivity contribution in [3.8, 4) is 0 Å². The van der Waals surface area contributed by atoms with Crippen molar-refractivity contribution in [2.45, 2.75) is 18.9 Å². The number of nitrogens with one attached hydrogen (secondary N) is 1. The molecule has 0 aromatic heterocycles. The van der Waals surface area contributed by atoms with Crippen molar-refractivity contribution in [3.05, 3.63) is 12.7 Å². The van der Waals surface area contributed by atoms with Crippen molar-refractivity contribution in [1.29, 1.82) is 0 Å². The lowest BCUT2D eigenvalue weighted by Gasteiger charge is -2.22. The molecule has 0 radical (unpaired) electrons. The summed E-state index contributed by atoms with van der Waals surface area (Å²) in [6.07, 6.45) is 1.67. The first-order chi connectivity index (χ1) is 6.83. The van der Waals surface area contributed by atoms with Crippen LogP contribution in [0.3, 0.4) is 0 Å². The van der Waals surface area contributed by atoms with Gasteiger partial charge >= 0.3 is 0 Å². The normalized spacial score (nSPS) is 15.9. The molecule has 0 saturated heterocycles. The molecule has 0 aromatic carbocycles. The van der Waals surface area contributed by atoms with Gasteiger partial charge in [0, 0.05) is 26.7 Å². The summed E-state index contributed by atoms with van der Waals surface area (Å²) in [5, 5.41) is 9.74. The molecular formula is C9H19NO4S. The molecule has 0 saturated carbocycles. The van der Waals surface area contributed by atoms with Gasteiger partial charge in [0.1, 0.15) is 0 Å². The molecule has 0 aliphatic heterocycles. The van der Waals surface area contributed by atoms with Crippen molar-refractivity contribution in [1.82, 2.24) is 4.72 Å². The molecule has 0 bridgehead atoms. The molecule has 0 aliphatic rings. The molecule has 5 nitrogen and oxygen atoms in total. The van der Waals surface area contributed by atoms with Gasteiger partial charge in [-0.1, -0.05) is 6.08 Å². The van der Waals surface area contributed by atoms with Crippen LogP contribution < -0.4 is 4.72 Å². The van der Waals surface area contributed by atoms with Crippen LogP contribution in [-0.4, -0.2) is 45.1 Å². The third-order valence-corrected chi connectivity index (χ3v) is 3.11. The summed E-state index contributed by atoms with van der Waals surface area (Å²) in [5.74, 6) is -0.145. The number of methoxy groups -OCH3 is 1. The van der Waals surface area contributed by atoms with Crippen molar-refractivity contribution < 1.29 is 18.3 Å². The molecule has 0 rings (SSSR count). The fourth-order valence-corrected chi connectivity index (χ4v) is 1.85. The second kappa shape index (κ2) is 6.22. The number of ether oxygens (including phenoxy) is 1. The van der Waals surface area contributed by atoms with Gasteiger partial charge in [0.25, 0.3) is 0 Å². The quantitative estimate of drug-likeness (QED) is 0.577. The van der Waals surface area contributed by atoms with E-state index in [4.69, 9.17) is 4.74 Å². The molecule has 1 atom stereocenters. The van der Waals surface area contributed by atoms with Gasteiger partial charge in [-0.05, 0) is 6.92 Å². The summed E-state index contributed by atoms with van der Waals surface area (Å²) in [6.45, 7) is 5.26. The Bertz CT molecular complexity index is 284. The number of hydrogen-bond acceptors (Lipinski definition) is 4. The predicted molar refractivity (Wildman–Crippen MR) is 59.1 cm³/mol. The first-order valence-corrected chi connectivity index (χ1v) is 6.28. The van der Waals surface area contributed by atoms with E-state index in [-0.39, 0.29) is 12.3 Å². The lowest BCUT2D eigenvalue weighted by atomic mass is 10.0. The average Bonchev–Trinajstić information content (AvgIpc) is 2.12. The number of rotatable bonds is 8. The average molecular weight is 237 g/mol. The second-order valence-corrected chi connectivity index (χ2v) is 5.48. The first-order valence-electron chi connectivity index (χ1n) is 4.62. The van der Waals surface area contributed by atoms with Crippen LogP contribution in [0.25, 0.3) is 0 Å². The Morgan fingerprint density at radius 2 is 2.20 bits per heavy atom. The van der Waals surface area contributed by atoms with Gasteiger partial charge in [0.15, 0.2) is 0 Å². The van der Waals surface area contributed by atoms with Crippen LogP contribution in [0.2, 0.25) is 0 Å². The third kappa shape index (κ3) is 7.49. The van der Waals surface area contributed by atoms with Crippen molar-refractivity contribution in [2.75, 3.05) is 26.0 Å². The minimum Gasteiger partial charge on any atom is -0.389 e. The summed E-state index contributed by atoms with van der Waals surface area (Å²) in [5.41, 5.74) is -1.09. The van der Waals surface area contributed by atoms with E-state index >= 15 is 0 Å². The molecule has 0 aromatic rings. The van der Waals surface area contributed by atoms with E-state index < -0.39 is 15.6 Å². The molecule has 2 N–H and O–H groups in total. The molecule has 0 amide bonds. The summed E-state index contributed by atoms with van der Waals surface area (Å²) in [7, 11) is -1.83.